The minimum absolute atomic E-state index is 0.128. The normalized spacial score (nSPS) is 17.5. The predicted octanol–water partition coefficient (Wildman–Crippen LogP) is 0.898. The molecule has 0 fully saturated rings. The van der Waals surface area contributed by atoms with Crippen LogP contribution in [0.1, 0.15) is 13.8 Å². The summed E-state index contributed by atoms with van der Waals surface area (Å²) in [4.78, 5) is 23.9. The SMILES string of the molecule is CC(=O)N1CCSC(C)=C1C(=O)O. The molecule has 72 valence electrons. The molecule has 0 bridgehead atoms. The van der Waals surface area contributed by atoms with Gasteiger partial charge in [0.1, 0.15) is 5.70 Å². The van der Waals surface area contributed by atoms with Crippen molar-refractivity contribution in [1.82, 2.24) is 4.90 Å². The molecule has 0 saturated carbocycles. The molecule has 0 spiro atoms. The molecule has 4 nitrogen and oxygen atoms in total. The van der Waals surface area contributed by atoms with Crippen molar-refractivity contribution in [2.75, 3.05) is 12.3 Å². The maximum absolute atomic E-state index is 11.1. The Morgan fingerprint density at radius 2 is 2.15 bits per heavy atom. The van der Waals surface area contributed by atoms with Crippen LogP contribution in [0, 0.1) is 0 Å². The summed E-state index contributed by atoms with van der Waals surface area (Å²) in [6, 6.07) is 0. The van der Waals surface area contributed by atoms with Gasteiger partial charge in [0, 0.05) is 24.1 Å². The highest BCUT2D eigenvalue weighted by atomic mass is 32.2. The highest BCUT2D eigenvalue weighted by molar-refractivity contribution is 8.03. The number of hydrogen-bond acceptors (Lipinski definition) is 3. The number of allylic oxidation sites excluding steroid dienone is 1. The molecule has 0 atom stereocenters. The molecule has 0 saturated heterocycles. The van der Waals surface area contributed by atoms with Crippen LogP contribution in [0.4, 0.5) is 0 Å². The third kappa shape index (κ3) is 2.03. The smallest absolute Gasteiger partial charge is 0.353 e. The van der Waals surface area contributed by atoms with Crippen molar-refractivity contribution < 1.29 is 14.7 Å². The first-order valence-corrected chi connectivity index (χ1v) is 4.87. The van der Waals surface area contributed by atoms with Crippen molar-refractivity contribution in [3.05, 3.63) is 10.6 Å². The molecule has 1 rings (SSSR count). The van der Waals surface area contributed by atoms with Crippen LogP contribution in [0.3, 0.4) is 0 Å². The summed E-state index contributed by atoms with van der Waals surface area (Å²) in [6.07, 6.45) is 0. The molecule has 0 radical (unpaired) electrons. The van der Waals surface area contributed by atoms with Gasteiger partial charge < -0.3 is 10.0 Å². The number of hydrogen-bond donors (Lipinski definition) is 1. The minimum Gasteiger partial charge on any atom is -0.477 e. The first-order chi connectivity index (χ1) is 6.04. The van der Waals surface area contributed by atoms with Crippen LogP contribution in [-0.4, -0.2) is 34.2 Å². The second-order valence-corrected chi connectivity index (χ2v) is 4.04. The van der Waals surface area contributed by atoms with E-state index >= 15 is 0 Å². The Labute approximate surface area is 80.6 Å². The van der Waals surface area contributed by atoms with Crippen LogP contribution in [0.25, 0.3) is 0 Å². The van der Waals surface area contributed by atoms with Gasteiger partial charge in [-0.25, -0.2) is 4.79 Å². The molecule has 1 N–H and O–H groups in total. The van der Waals surface area contributed by atoms with E-state index < -0.39 is 5.97 Å². The minimum atomic E-state index is -1.03. The molecule has 0 aromatic rings. The van der Waals surface area contributed by atoms with Crippen LogP contribution < -0.4 is 0 Å². The standard InChI is InChI=1S/C8H11NO3S/c1-5-7(8(11)12)9(6(2)10)3-4-13-5/h3-4H2,1-2H3,(H,11,12). The quantitative estimate of drug-likeness (QED) is 0.684. The number of carbonyl (C=O) groups is 2. The Morgan fingerprint density at radius 1 is 1.54 bits per heavy atom. The van der Waals surface area contributed by atoms with Gasteiger partial charge in [0.15, 0.2) is 0 Å². The van der Waals surface area contributed by atoms with E-state index in [1.165, 1.54) is 23.6 Å². The monoisotopic (exact) mass is 201 g/mol. The zero-order chi connectivity index (χ0) is 10.0. The van der Waals surface area contributed by atoms with E-state index in [1.54, 1.807) is 6.92 Å². The van der Waals surface area contributed by atoms with Gasteiger partial charge in [-0.15, -0.1) is 11.8 Å². The molecule has 0 unspecified atom stereocenters. The number of carbonyl (C=O) groups excluding carboxylic acids is 1. The van der Waals surface area contributed by atoms with Crippen molar-refractivity contribution in [1.29, 1.82) is 0 Å². The molecule has 5 heteroatoms. The maximum Gasteiger partial charge on any atom is 0.353 e. The lowest BCUT2D eigenvalue weighted by molar-refractivity contribution is -0.138. The number of rotatable bonds is 1. The van der Waals surface area contributed by atoms with E-state index in [2.05, 4.69) is 0 Å². The fraction of sp³-hybridized carbons (Fsp3) is 0.500. The topological polar surface area (TPSA) is 57.6 Å². The van der Waals surface area contributed by atoms with Gasteiger partial charge >= 0.3 is 5.97 Å². The van der Waals surface area contributed by atoms with E-state index in [9.17, 15) is 9.59 Å². The third-order valence-electron chi connectivity index (χ3n) is 1.82. The molecule has 1 amide bonds. The molecular formula is C8H11NO3S. The largest absolute Gasteiger partial charge is 0.477 e. The summed E-state index contributed by atoms with van der Waals surface area (Å²) in [5.74, 6) is -0.473. The first-order valence-electron chi connectivity index (χ1n) is 3.89. The maximum atomic E-state index is 11.1. The van der Waals surface area contributed by atoms with Crippen LogP contribution in [-0.2, 0) is 9.59 Å². The predicted molar refractivity (Wildman–Crippen MR) is 50.2 cm³/mol. The van der Waals surface area contributed by atoms with Crippen molar-refractivity contribution in [3.8, 4) is 0 Å². The van der Waals surface area contributed by atoms with E-state index in [4.69, 9.17) is 5.11 Å². The number of carboxylic acid groups (broad SMARTS) is 1. The number of nitrogens with zero attached hydrogens (tertiary/aromatic N) is 1. The van der Waals surface area contributed by atoms with E-state index in [-0.39, 0.29) is 11.6 Å². The van der Waals surface area contributed by atoms with Crippen molar-refractivity contribution in [2.45, 2.75) is 13.8 Å². The van der Waals surface area contributed by atoms with E-state index in [0.717, 1.165) is 5.75 Å². The number of aliphatic carboxylic acids is 1. The highest BCUT2D eigenvalue weighted by Crippen LogP contribution is 2.27. The van der Waals surface area contributed by atoms with Crippen molar-refractivity contribution >= 4 is 23.6 Å². The van der Waals surface area contributed by atoms with Gasteiger partial charge in [0.25, 0.3) is 0 Å². The summed E-state index contributed by atoms with van der Waals surface area (Å²) >= 11 is 1.48. The van der Waals surface area contributed by atoms with Gasteiger partial charge in [-0.1, -0.05) is 0 Å². The fourth-order valence-corrected chi connectivity index (χ4v) is 2.16. The van der Waals surface area contributed by atoms with Crippen LogP contribution >= 0.6 is 11.8 Å². The first kappa shape index (κ1) is 10.1. The van der Waals surface area contributed by atoms with Crippen LogP contribution in [0.15, 0.2) is 10.6 Å². The van der Waals surface area contributed by atoms with Gasteiger partial charge in [0.2, 0.25) is 5.91 Å². The highest BCUT2D eigenvalue weighted by Gasteiger charge is 2.26. The number of carboxylic acids is 1. The van der Waals surface area contributed by atoms with Gasteiger partial charge in [0.05, 0.1) is 0 Å². The second kappa shape index (κ2) is 3.83. The third-order valence-corrected chi connectivity index (χ3v) is 2.83. The molecule has 1 heterocycles. The zero-order valence-corrected chi connectivity index (χ0v) is 8.35. The fourth-order valence-electron chi connectivity index (χ4n) is 1.24. The Hall–Kier alpha value is -0.970. The summed E-state index contributed by atoms with van der Waals surface area (Å²) < 4.78 is 0. The summed E-state index contributed by atoms with van der Waals surface area (Å²) in [5.41, 5.74) is 0.128. The average molecular weight is 201 g/mol. The molecule has 0 aromatic carbocycles. The lowest BCUT2D eigenvalue weighted by atomic mass is 10.3. The average Bonchev–Trinajstić information content (AvgIpc) is 2.02. The summed E-state index contributed by atoms with van der Waals surface area (Å²) in [5, 5.41) is 8.86. The van der Waals surface area contributed by atoms with Crippen molar-refractivity contribution in [3.63, 3.8) is 0 Å². The lowest BCUT2D eigenvalue weighted by Gasteiger charge is -2.27. The second-order valence-electron chi connectivity index (χ2n) is 2.73. The van der Waals surface area contributed by atoms with Gasteiger partial charge in [-0.3, -0.25) is 4.79 Å². The van der Waals surface area contributed by atoms with E-state index in [1.807, 2.05) is 0 Å². The summed E-state index contributed by atoms with van der Waals surface area (Å²) in [6.45, 7) is 3.59. The van der Waals surface area contributed by atoms with Crippen LogP contribution in [0.2, 0.25) is 0 Å². The van der Waals surface area contributed by atoms with E-state index in [0.29, 0.717) is 11.4 Å². The number of amides is 1. The van der Waals surface area contributed by atoms with Gasteiger partial charge in [-0.2, -0.15) is 0 Å². The summed E-state index contributed by atoms with van der Waals surface area (Å²) in [7, 11) is 0. The van der Waals surface area contributed by atoms with Gasteiger partial charge in [-0.05, 0) is 6.92 Å². The Bertz CT molecular complexity index is 285. The molecule has 1 aliphatic heterocycles. The Kier molecular flexibility index (Phi) is 2.98. The van der Waals surface area contributed by atoms with Crippen molar-refractivity contribution in [2.24, 2.45) is 0 Å². The molecule has 0 aliphatic carbocycles. The number of thioether (sulfide) groups is 1. The molecular weight excluding hydrogens is 190 g/mol. The Balaban J connectivity index is 3.03. The lowest BCUT2D eigenvalue weighted by Crippen LogP contribution is -2.36. The zero-order valence-electron chi connectivity index (χ0n) is 7.53. The molecule has 1 aliphatic rings. The van der Waals surface area contributed by atoms with Crippen LogP contribution in [0.5, 0.6) is 0 Å². The molecule has 0 aromatic heterocycles. The molecule has 13 heavy (non-hydrogen) atoms. The Morgan fingerprint density at radius 3 is 2.54 bits per heavy atom.